The topological polar surface area (TPSA) is 109 Å². The van der Waals surface area contributed by atoms with Gasteiger partial charge in [0.15, 0.2) is 5.78 Å². The first-order valence-corrected chi connectivity index (χ1v) is 4.57. The third kappa shape index (κ3) is 3.90. The van der Waals surface area contributed by atoms with Crippen molar-refractivity contribution in [2.75, 3.05) is 0 Å². The molecule has 6 heteroatoms. The van der Waals surface area contributed by atoms with Crippen LogP contribution in [0, 0.1) is 0 Å². The van der Waals surface area contributed by atoms with Gasteiger partial charge in [0.1, 0.15) is 0 Å². The van der Waals surface area contributed by atoms with Crippen LogP contribution in [-0.4, -0.2) is 32.9 Å². The third-order valence-corrected chi connectivity index (χ3v) is 1.99. The second kappa shape index (κ2) is 5.26. The van der Waals surface area contributed by atoms with Crippen LogP contribution in [0.1, 0.15) is 20.0 Å². The van der Waals surface area contributed by atoms with Crippen LogP contribution < -0.4 is 5.73 Å². The Morgan fingerprint density at radius 3 is 2.87 bits per heavy atom. The van der Waals surface area contributed by atoms with E-state index in [2.05, 4.69) is 9.97 Å². The fourth-order valence-electron chi connectivity index (χ4n) is 1.16. The highest BCUT2D eigenvalue weighted by atomic mass is 16.4. The molecule has 0 unspecified atom stereocenters. The predicted octanol–water partition coefficient (Wildman–Crippen LogP) is -0.0406. The number of carbonyl (C=O) groups is 2. The number of ketones is 1. The summed E-state index contributed by atoms with van der Waals surface area (Å²) in [5.74, 6) is -1.23. The number of H-pyrrole nitrogens is 1. The number of hydrogen-bond donors (Lipinski definition) is 3. The van der Waals surface area contributed by atoms with Gasteiger partial charge in [-0.1, -0.05) is 0 Å². The normalized spacial score (nSPS) is 12.3. The van der Waals surface area contributed by atoms with Crippen molar-refractivity contribution in [1.82, 2.24) is 9.97 Å². The van der Waals surface area contributed by atoms with E-state index >= 15 is 0 Å². The van der Waals surface area contributed by atoms with E-state index in [0.29, 0.717) is 6.42 Å². The average molecular weight is 213 g/mol. The maximum absolute atomic E-state index is 11.4. The Hall–Kier alpha value is -1.69. The maximum atomic E-state index is 11.4. The zero-order valence-corrected chi connectivity index (χ0v) is 8.14. The lowest BCUT2D eigenvalue weighted by Gasteiger charge is -2.07. The van der Waals surface area contributed by atoms with Gasteiger partial charge in [0, 0.05) is 26.2 Å². The Kier molecular flexibility index (Phi) is 3.99. The number of nitrogens with one attached hydrogen (secondary N) is 1. The zero-order chi connectivity index (χ0) is 11.3. The molecule has 15 heavy (non-hydrogen) atoms. The highest BCUT2D eigenvalue weighted by molar-refractivity contribution is 5.86. The highest BCUT2D eigenvalue weighted by Gasteiger charge is 2.15. The quantitative estimate of drug-likeness (QED) is 0.614. The van der Waals surface area contributed by atoms with Crippen LogP contribution in [0.2, 0.25) is 0 Å². The van der Waals surface area contributed by atoms with E-state index in [-0.39, 0.29) is 20.1 Å². The van der Waals surface area contributed by atoms with Crippen LogP contribution in [-0.2, 0) is 16.0 Å². The van der Waals surface area contributed by atoms with Crippen LogP contribution in [0.25, 0.3) is 0 Å². The van der Waals surface area contributed by atoms with Crippen molar-refractivity contribution >= 4 is 11.8 Å². The van der Waals surface area contributed by atoms with E-state index in [1.165, 1.54) is 6.33 Å². The molecule has 84 valence electrons. The van der Waals surface area contributed by atoms with E-state index in [0.717, 1.165) is 5.69 Å². The molecule has 0 spiro atoms. The number of aromatic nitrogens is 2. The molecular formula is C9H15N3O3. The summed E-state index contributed by atoms with van der Waals surface area (Å²) in [6.45, 7) is 0. The fourth-order valence-corrected chi connectivity index (χ4v) is 1.16. The Morgan fingerprint density at radius 1 is 1.60 bits per heavy atom. The van der Waals surface area contributed by atoms with Gasteiger partial charge in [-0.3, -0.25) is 9.59 Å². The first-order valence-electron chi connectivity index (χ1n) is 4.57. The molecule has 0 saturated carbocycles. The second-order valence-electron chi connectivity index (χ2n) is 3.25. The molecule has 0 aromatic carbocycles. The van der Waals surface area contributed by atoms with Crippen LogP contribution >= 0.6 is 0 Å². The molecule has 0 radical (unpaired) electrons. The molecule has 0 aliphatic rings. The molecule has 0 amide bonds. The van der Waals surface area contributed by atoms with Crippen LogP contribution in [0.3, 0.4) is 0 Å². The Bertz CT molecular complexity index is 340. The number of Topliss-reactive ketones (excluding diaryl/α,β-unsaturated/α-hetero) is 1. The third-order valence-electron chi connectivity index (χ3n) is 1.99. The Morgan fingerprint density at radius 2 is 2.33 bits per heavy atom. The summed E-state index contributed by atoms with van der Waals surface area (Å²) in [6, 6.07) is -0.662. The predicted molar refractivity (Wildman–Crippen MR) is 54.3 cm³/mol. The second-order valence-corrected chi connectivity index (χ2v) is 3.25. The van der Waals surface area contributed by atoms with Gasteiger partial charge < -0.3 is 15.8 Å². The first kappa shape index (κ1) is 11.4. The van der Waals surface area contributed by atoms with E-state index in [1.54, 1.807) is 6.20 Å². The number of hydrogen-bond acceptors (Lipinski definition) is 4. The SMILES string of the molecule is N[C@@H](Cc1cnc[nH]1)C(=O)CCC(=O)O.[HH]. The molecule has 4 N–H and O–H groups in total. The van der Waals surface area contributed by atoms with Crippen molar-refractivity contribution < 1.29 is 16.1 Å². The van der Waals surface area contributed by atoms with Gasteiger partial charge in [0.2, 0.25) is 0 Å². The number of aromatic amines is 1. The number of aliphatic carboxylic acids is 1. The molecule has 1 atom stereocenters. The van der Waals surface area contributed by atoms with Gasteiger partial charge in [-0.2, -0.15) is 0 Å². The summed E-state index contributed by atoms with van der Waals surface area (Å²) < 4.78 is 0. The number of carboxylic acid groups (broad SMARTS) is 1. The van der Waals surface area contributed by atoms with Gasteiger partial charge in [-0.25, -0.2) is 4.98 Å². The van der Waals surface area contributed by atoms with Crippen LogP contribution in [0.15, 0.2) is 12.5 Å². The Balaban J connectivity index is 0.00000225. The lowest BCUT2D eigenvalue weighted by atomic mass is 10.0. The van der Waals surface area contributed by atoms with Gasteiger partial charge in [0.05, 0.1) is 18.8 Å². The summed E-state index contributed by atoms with van der Waals surface area (Å²) in [6.07, 6.45) is 3.26. The number of imidazole rings is 1. The summed E-state index contributed by atoms with van der Waals surface area (Å²) >= 11 is 0. The van der Waals surface area contributed by atoms with Crippen molar-refractivity contribution in [3.8, 4) is 0 Å². The average Bonchev–Trinajstić information content (AvgIpc) is 2.66. The molecule has 0 fully saturated rings. The molecule has 1 aromatic heterocycles. The van der Waals surface area contributed by atoms with E-state index < -0.39 is 12.0 Å². The first-order chi connectivity index (χ1) is 7.09. The maximum Gasteiger partial charge on any atom is 0.303 e. The standard InChI is InChI=1S/C9H13N3O3.H2/c10-7(3-6-4-11-5-12-6)8(13)1-2-9(14)15;/h4-5,7H,1-3,10H2,(H,11,12)(H,14,15);1H/t7-;/m0./s1. The molecule has 6 nitrogen and oxygen atoms in total. The molecule has 1 aromatic rings. The number of rotatable bonds is 6. The minimum absolute atomic E-state index is 0. The molecule has 1 heterocycles. The lowest BCUT2D eigenvalue weighted by Crippen LogP contribution is -2.33. The molecular weight excluding hydrogens is 198 g/mol. The minimum Gasteiger partial charge on any atom is -0.481 e. The molecule has 0 aliphatic carbocycles. The number of carboxylic acids is 1. The fraction of sp³-hybridized carbons (Fsp3) is 0.444. The van der Waals surface area contributed by atoms with Crippen molar-refractivity contribution in [2.24, 2.45) is 5.73 Å². The number of nitrogens with two attached hydrogens (primary N) is 1. The summed E-state index contributed by atoms with van der Waals surface area (Å²) in [4.78, 5) is 28.2. The summed E-state index contributed by atoms with van der Waals surface area (Å²) in [5, 5.41) is 8.39. The van der Waals surface area contributed by atoms with Crippen LogP contribution in [0.5, 0.6) is 0 Å². The van der Waals surface area contributed by atoms with Crippen molar-refractivity contribution in [2.45, 2.75) is 25.3 Å². The van der Waals surface area contributed by atoms with Gasteiger partial charge in [0.25, 0.3) is 0 Å². The molecule has 1 rings (SSSR count). The molecule has 0 bridgehead atoms. The van der Waals surface area contributed by atoms with E-state index in [9.17, 15) is 9.59 Å². The van der Waals surface area contributed by atoms with E-state index in [4.69, 9.17) is 10.8 Å². The van der Waals surface area contributed by atoms with Gasteiger partial charge >= 0.3 is 5.97 Å². The molecule has 0 aliphatic heterocycles. The monoisotopic (exact) mass is 213 g/mol. The van der Waals surface area contributed by atoms with Crippen molar-refractivity contribution in [3.63, 3.8) is 0 Å². The number of nitrogens with zero attached hydrogens (tertiary/aromatic N) is 1. The minimum atomic E-state index is -0.989. The van der Waals surface area contributed by atoms with Gasteiger partial charge in [-0.05, 0) is 0 Å². The zero-order valence-electron chi connectivity index (χ0n) is 8.14. The number of carbonyl (C=O) groups excluding carboxylic acids is 1. The highest BCUT2D eigenvalue weighted by Crippen LogP contribution is 2.01. The van der Waals surface area contributed by atoms with Crippen molar-refractivity contribution in [3.05, 3.63) is 18.2 Å². The van der Waals surface area contributed by atoms with E-state index in [1.807, 2.05) is 0 Å². The van der Waals surface area contributed by atoms with Crippen molar-refractivity contribution in [1.29, 1.82) is 0 Å². The summed E-state index contributed by atoms with van der Waals surface area (Å²) in [7, 11) is 0. The smallest absolute Gasteiger partial charge is 0.303 e. The van der Waals surface area contributed by atoms with Crippen LogP contribution in [0.4, 0.5) is 0 Å². The molecule has 0 saturated heterocycles. The summed E-state index contributed by atoms with van der Waals surface area (Å²) in [5.41, 5.74) is 6.37. The Labute approximate surface area is 88.0 Å². The lowest BCUT2D eigenvalue weighted by molar-refractivity contribution is -0.138. The van der Waals surface area contributed by atoms with Gasteiger partial charge in [-0.15, -0.1) is 0 Å². The largest absolute Gasteiger partial charge is 0.481 e.